The number of β-amino-alcohol motifs (C(OH)–C–C–N with tert-alkyl or cyclic N) is 1. The molecule has 0 aromatic carbocycles. The Morgan fingerprint density at radius 3 is 2.82 bits per heavy atom. The Bertz CT molecular complexity index is 473. The number of aliphatic hydroxyl groups excluding tert-OH is 1. The maximum atomic E-state index is 11.9. The summed E-state index contributed by atoms with van der Waals surface area (Å²) in [6.45, 7) is 0.0752. The van der Waals surface area contributed by atoms with Crippen molar-refractivity contribution in [2.45, 2.75) is 6.61 Å². The van der Waals surface area contributed by atoms with Crippen LogP contribution in [0.15, 0.2) is 12.3 Å². The average Bonchev–Trinajstić information content (AvgIpc) is 2.55. The van der Waals surface area contributed by atoms with Gasteiger partial charge in [-0.3, -0.25) is 14.5 Å². The fourth-order valence-electron chi connectivity index (χ4n) is 1.76. The highest BCUT2D eigenvalue weighted by Gasteiger charge is 2.36. The van der Waals surface area contributed by atoms with E-state index in [1.165, 1.54) is 13.3 Å². The molecular formula is C11H12N2O4. The van der Waals surface area contributed by atoms with Gasteiger partial charge in [0.05, 0.1) is 25.3 Å². The van der Waals surface area contributed by atoms with E-state index in [4.69, 9.17) is 9.84 Å². The summed E-state index contributed by atoms with van der Waals surface area (Å²) in [5.74, 6) is -0.868. The van der Waals surface area contributed by atoms with Gasteiger partial charge in [-0.2, -0.15) is 0 Å². The van der Waals surface area contributed by atoms with E-state index in [1.54, 1.807) is 6.07 Å². The summed E-state index contributed by atoms with van der Waals surface area (Å²) in [6, 6.07) is 1.60. The van der Waals surface area contributed by atoms with Crippen LogP contribution in [0.4, 0.5) is 0 Å². The van der Waals surface area contributed by atoms with E-state index in [2.05, 4.69) is 4.98 Å². The monoisotopic (exact) mass is 236 g/mol. The van der Waals surface area contributed by atoms with Crippen LogP contribution >= 0.6 is 0 Å². The molecule has 17 heavy (non-hydrogen) atoms. The number of rotatable bonds is 4. The number of fused-ring (bicyclic) bond motifs is 1. The minimum Gasteiger partial charge on any atom is -0.395 e. The number of carbonyl (C=O) groups excluding carboxylic acids is 2. The Balaban J connectivity index is 2.36. The molecule has 2 heterocycles. The van der Waals surface area contributed by atoms with E-state index in [-0.39, 0.29) is 24.4 Å². The van der Waals surface area contributed by atoms with Crippen molar-refractivity contribution < 1.29 is 19.4 Å². The second-order valence-electron chi connectivity index (χ2n) is 3.66. The molecule has 2 amide bonds. The normalized spacial score (nSPS) is 14.4. The number of aliphatic hydroxyl groups is 1. The van der Waals surface area contributed by atoms with Crippen LogP contribution < -0.4 is 0 Å². The van der Waals surface area contributed by atoms with Gasteiger partial charge in [-0.1, -0.05) is 0 Å². The largest absolute Gasteiger partial charge is 0.395 e. The van der Waals surface area contributed by atoms with Gasteiger partial charge in [0.2, 0.25) is 0 Å². The van der Waals surface area contributed by atoms with Crippen LogP contribution in [-0.2, 0) is 11.3 Å². The number of imide groups is 1. The first-order valence-corrected chi connectivity index (χ1v) is 5.14. The molecule has 0 saturated heterocycles. The molecule has 0 aliphatic carbocycles. The van der Waals surface area contributed by atoms with Gasteiger partial charge in [0, 0.05) is 13.3 Å². The second-order valence-corrected chi connectivity index (χ2v) is 3.66. The summed E-state index contributed by atoms with van der Waals surface area (Å²) in [6.07, 6.45) is 1.51. The molecule has 6 heteroatoms. The lowest BCUT2D eigenvalue weighted by Gasteiger charge is -2.10. The van der Waals surface area contributed by atoms with Crippen LogP contribution in [0.2, 0.25) is 0 Å². The summed E-state index contributed by atoms with van der Waals surface area (Å²) < 4.78 is 4.93. The van der Waals surface area contributed by atoms with E-state index in [0.29, 0.717) is 6.61 Å². The molecule has 1 aromatic rings. The van der Waals surface area contributed by atoms with Crippen LogP contribution in [0.25, 0.3) is 0 Å². The van der Waals surface area contributed by atoms with Gasteiger partial charge in [0.1, 0.15) is 5.69 Å². The topological polar surface area (TPSA) is 79.7 Å². The number of nitrogens with zero attached hydrogens (tertiary/aromatic N) is 2. The van der Waals surface area contributed by atoms with Gasteiger partial charge in [-0.15, -0.1) is 0 Å². The Morgan fingerprint density at radius 1 is 1.41 bits per heavy atom. The van der Waals surface area contributed by atoms with Crippen LogP contribution in [0.1, 0.15) is 26.4 Å². The molecule has 0 spiro atoms. The summed E-state index contributed by atoms with van der Waals surface area (Å²) in [7, 11) is 1.54. The molecule has 6 nitrogen and oxygen atoms in total. The summed E-state index contributed by atoms with van der Waals surface area (Å²) in [4.78, 5) is 28.6. The van der Waals surface area contributed by atoms with Crippen molar-refractivity contribution in [3.63, 3.8) is 0 Å². The molecule has 1 aliphatic heterocycles. The zero-order chi connectivity index (χ0) is 12.4. The molecule has 0 unspecified atom stereocenters. The van der Waals surface area contributed by atoms with Crippen LogP contribution in [0.3, 0.4) is 0 Å². The highest BCUT2D eigenvalue weighted by atomic mass is 16.5. The lowest BCUT2D eigenvalue weighted by molar-refractivity contribution is 0.0622. The minimum absolute atomic E-state index is 0.00631. The molecule has 1 aromatic heterocycles. The van der Waals surface area contributed by atoms with E-state index >= 15 is 0 Å². The quantitative estimate of drug-likeness (QED) is 0.733. The van der Waals surface area contributed by atoms with Gasteiger partial charge < -0.3 is 9.84 Å². The van der Waals surface area contributed by atoms with Gasteiger partial charge in [-0.05, 0) is 11.6 Å². The fraction of sp³-hybridized carbons (Fsp3) is 0.364. The highest BCUT2D eigenvalue weighted by Crippen LogP contribution is 2.21. The SMILES string of the molecule is COCc1cnc2c(c1)C(=O)N(CCO)C2=O. The fourth-order valence-corrected chi connectivity index (χ4v) is 1.76. The first-order chi connectivity index (χ1) is 8.19. The van der Waals surface area contributed by atoms with E-state index < -0.39 is 11.8 Å². The molecule has 0 fully saturated rings. The molecule has 0 saturated carbocycles. The third-order valence-corrected chi connectivity index (χ3v) is 2.50. The summed E-state index contributed by atoms with van der Waals surface area (Å²) in [5, 5.41) is 8.79. The number of ether oxygens (including phenoxy) is 1. The first-order valence-electron chi connectivity index (χ1n) is 5.14. The van der Waals surface area contributed by atoms with Crippen molar-refractivity contribution in [1.82, 2.24) is 9.88 Å². The van der Waals surface area contributed by atoms with Gasteiger partial charge in [-0.25, -0.2) is 4.98 Å². The Kier molecular flexibility index (Phi) is 3.16. The summed E-state index contributed by atoms with van der Waals surface area (Å²) in [5.41, 5.74) is 1.15. The van der Waals surface area contributed by atoms with Crippen LogP contribution in [0, 0.1) is 0 Å². The predicted molar refractivity (Wildman–Crippen MR) is 57.4 cm³/mol. The number of methoxy groups -OCH3 is 1. The standard InChI is InChI=1S/C11H12N2O4/c1-17-6-7-4-8-9(12-5-7)11(16)13(2-3-14)10(8)15/h4-5,14H,2-3,6H2,1H3. The number of hydrogen-bond acceptors (Lipinski definition) is 5. The number of amides is 2. The molecule has 0 bridgehead atoms. The van der Waals surface area contributed by atoms with E-state index in [1.807, 2.05) is 0 Å². The third kappa shape index (κ3) is 1.92. The maximum Gasteiger partial charge on any atom is 0.280 e. The molecule has 1 N–H and O–H groups in total. The van der Waals surface area contributed by atoms with Crippen molar-refractivity contribution in [1.29, 1.82) is 0 Å². The van der Waals surface area contributed by atoms with Crippen molar-refractivity contribution >= 4 is 11.8 Å². The third-order valence-electron chi connectivity index (χ3n) is 2.50. The molecule has 0 atom stereocenters. The number of aromatic nitrogens is 1. The van der Waals surface area contributed by atoms with Crippen molar-refractivity contribution in [2.75, 3.05) is 20.3 Å². The average molecular weight is 236 g/mol. The Labute approximate surface area is 97.8 Å². The predicted octanol–water partition coefficient (Wildman–Crippen LogP) is -0.184. The second kappa shape index (κ2) is 4.60. The first kappa shape index (κ1) is 11.7. The smallest absolute Gasteiger partial charge is 0.280 e. The number of hydrogen-bond donors (Lipinski definition) is 1. The molecular weight excluding hydrogens is 224 g/mol. The van der Waals surface area contributed by atoms with E-state index in [9.17, 15) is 9.59 Å². The maximum absolute atomic E-state index is 11.9. The Morgan fingerprint density at radius 2 is 2.18 bits per heavy atom. The molecule has 90 valence electrons. The van der Waals surface area contributed by atoms with Crippen molar-refractivity contribution in [3.8, 4) is 0 Å². The number of pyridine rings is 1. The zero-order valence-corrected chi connectivity index (χ0v) is 9.34. The highest BCUT2D eigenvalue weighted by molar-refractivity contribution is 6.20. The van der Waals surface area contributed by atoms with E-state index in [0.717, 1.165) is 10.5 Å². The van der Waals surface area contributed by atoms with Gasteiger partial charge in [0.25, 0.3) is 11.8 Å². The molecule has 0 radical (unpaired) electrons. The minimum atomic E-state index is -0.456. The number of carbonyl (C=O) groups is 2. The molecule has 2 rings (SSSR count). The lowest BCUT2D eigenvalue weighted by atomic mass is 10.1. The lowest BCUT2D eigenvalue weighted by Crippen LogP contribution is -2.32. The van der Waals surface area contributed by atoms with Crippen molar-refractivity contribution in [3.05, 3.63) is 29.1 Å². The van der Waals surface area contributed by atoms with Crippen LogP contribution in [0.5, 0.6) is 0 Å². The van der Waals surface area contributed by atoms with Crippen LogP contribution in [-0.4, -0.2) is 47.1 Å². The molecule has 1 aliphatic rings. The Hall–Kier alpha value is -1.79. The zero-order valence-electron chi connectivity index (χ0n) is 9.34. The van der Waals surface area contributed by atoms with Crippen molar-refractivity contribution in [2.24, 2.45) is 0 Å². The summed E-state index contributed by atoms with van der Waals surface area (Å²) >= 11 is 0. The van der Waals surface area contributed by atoms with Gasteiger partial charge >= 0.3 is 0 Å². The van der Waals surface area contributed by atoms with Gasteiger partial charge in [0.15, 0.2) is 0 Å².